The summed E-state index contributed by atoms with van der Waals surface area (Å²) in [5.41, 5.74) is 1.14. The van der Waals surface area contributed by atoms with E-state index in [2.05, 4.69) is 4.90 Å². The normalized spacial score (nSPS) is 14.7. The van der Waals surface area contributed by atoms with Crippen molar-refractivity contribution in [1.82, 2.24) is 9.80 Å². The van der Waals surface area contributed by atoms with Crippen LogP contribution in [0.2, 0.25) is 0 Å². The zero-order valence-corrected chi connectivity index (χ0v) is 16.3. The van der Waals surface area contributed by atoms with Gasteiger partial charge in [-0.2, -0.15) is 0 Å². The lowest BCUT2D eigenvalue weighted by Gasteiger charge is -2.34. The fraction of sp³-hybridized carbons (Fsp3) is 0.409. The maximum absolute atomic E-state index is 13.5. The lowest BCUT2D eigenvalue weighted by atomic mass is 10.1. The van der Waals surface area contributed by atoms with Gasteiger partial charge in [-0.25, -0.2) is 4.39 Å². The molecule has 0 N–H and O–H groups in total. The average molecular weight is 386 g/mol. The predicted molar refractivity (Wildman–Crippen MR) is 106 cm³/mol. The molecule has 1 aliphatic rings. The van der Waals surface area contributed by atoms with E-state index < -0.39 is 0 Å². The minimum Gasteiger partial charge on any atom is -0.497 e. The van der Waals surface area contributed by atoms with Crippen LogP contribution in [0.3, 0.4) is 0 Å². The van der Waals surface area contributed by atoms with Crippen LogP contribution in [0.1, 0.15) is 12.0 Å². The second-order valence-corrected chi connectivity index (χ2v) is 6.85. The van der Waals surface area contributed by atoms with E-state index >= 15 is 0 Å². The quantitative estimate of drug-likeness (QED) is 0.700. The molecule has 1 saturated heterocycles. The number of ether oxygens (including phenoxy) is 2. The van der Waals surface area contributed by atoms with E-state index in [1.807, 2.05) is 29.2 Å². The molecule has 1 aliphatic heterocycles. The Bertz CT molecular complexity index is 759. The van der Waals surface area contributed by atoms with Gasteiger partial charge in [-0.3, -0.25) is 9.69 Å². The summed E-state index contributed by atoms with van der Waals surface area (Å²) >= 11 is 0. The monoisotopic (exact) mass is 386 g/mol. The van der Waals surface area contributed by atoms with Crippen molar-refractivity contribution in [1.29, 1.82) is 0 Å². The molecule has 0 atom stereocenters. The molecule has 2 aromatic carbocycles. The van der Waals surface area contributed by atoms with Crippen molar-refractivity contribution in [3.05, 3.63) is 59.9 Å². The molecular formula is C22H27FN2O3. The summed E-state index contributed by atoms with van der Waals surface area (Å²) in [6.45, 7) is 4.24. The molecule has 0 aliphatic carbocycles. The Kier molecular flexibility index (Phi) is 7.25. The number of carbonyl (C=O) groups is 1. The number of halogens is 1. The first-order valence-corrected chi connectivity index (χ1v) is 9.66. The van der Waals surface area contributed by atoms with Gasteiger partial charge in [-0.1, -0.05) is 24.3 Å². The fourth-order valence-corrected chi connectivity index (χ4v) is 3.27. The maximum Gasteiger partial charge on any atom is 0.222 e. The lowest BCUT2D eigenvalue weighted by molar-refractivity contribution is -0.132. The number of methoxy groups -OCH3 is 1. The Labute approximate surface area is 165 Å². The summed E-state index contributed by atoms with van der Waals surface area (Å²) in [6.07, 6.45) is 1.25. The maximum atomic E-state index is 13.5. The van der Waals surface area contributed by atoms with Crippen LogP contribution in [-0.4, -0.2) is 62.1 Å². The number of para-hydroxylation sites is 1. The van der Waals surface area contributed by atoms with Gasteiger partial charge in [0.25, 0.3) is 0 Å². The van der Waals surface area contributed by atoms with E-state index in [4.69, 9.17) is 9.47 Å². The largest absolute Gasteiger partial charge is 0.497 e. The molecule has 0 bridgehead atoms. The van der Waals surface area contributed by atoms with Crippen LogP contribution < -0.4 is 9.47 Å². The van der Waals surface area contributed by atoms with E-state index in [9.17, 15) is 9.18 Å². The van der Waals surface area contributed by atoms with Crippen LogP contribution in [0.15, 0.2) is 48.5 Å². The summed E-state index contributed by atoms with van der Waals surface area (Å²) in [5, 5.41) is 0. The minimum absolute atomic E-state index is 0.193. The molecule has 28 heavy (non-hydrogen) atoms. The van der Waals surface area contributed by atoms with Crippen molar-refractivity contribution in [2.75, 3.05) is 46.4 Å². The molecule has 6 heteroatoms. The van der Waals surface area contributed by atoms with Crippen molar-refractivity contribution in [3.63, 3.8) is 0 Å². The van der Waals surface area contributed by atoms with Gasteiger partial charge in [0.2, 0.25) is 5.91 Å². The molecule has 5 nitrogen and oxygen atoms in total. The van der Waals surface area contributed by atoms with Gasteiger partial charge in [-0.15, -0.1) is 0 Å². The summed E-state index contributed by atoms with van der Waals surface area (Å²) in [6, 6.07) is 14.3. The molecule has 1 fully saturated rings. The van der Waals surface area contributed by atoms with Crippen LogP contribution >= 0.6 is 0 Å². The molecule has 150 valence electrons. The van der Waals surface area contributed by atoms with E-state index in [1.165, 1.54) is 6.07 Å². The number of hydrogen-bond acceptors (Lipinski definition) is 4. The smallest absolute Gasteiger partial charge is 0.222 e. The van der Waals surface area contributed by atoms with Gasteiger partial charge in [0.05, 0.1) is 7.11 Å². The van der Waals surface area contributed by atoms with E-state index in [0.717, 1.165) is 50.5 Å². The topological polar surface area (TPSA) is 42.0 Å². The van der Waals surface area contributed by atoms with E-state index in [-0.39, 0.29) is 17.5 Å². The number of hydrogen-bond donors (Lipinski definition) is 0. The molecule has 1 amide bonds. The Hall–Kier alpha value is -2.60. The third-order valence-electron chi connectivity index (χ3n) is 5.01. The number of benzene rings is 2. The molecule has 0 radical (unpaired) electrons. The molecule has 0 unspecified atom stereocenters. The third-order valence-corrected chi connectivity index (χ3v) is 5.01. The standard InChI is InChI=1S/C22H27FN2O3/c1-27-19-9-6-18(7-10-19)8-11-22(26)25-14-12-24(13-15-25)16-17-28-21-5-3-2-4-20(21)23/h2-7,9-10H,8,11-17H2,1H3. The Balaban J connectivity index is 1.35. The van der Waals surface area contributed by atoms with Crippen LogP contribution in [0, 0.1) is 5.82 Å². The Morgan fingerprint density at radius 2 is 1.75 bits per heavy atom. The molecule has 0 saturated carbocycles. The minimum atomic E-state index is -0.338. The number of rotatable bonds is 8. The Morgan fingerprint density at radius 1 is 1.04 bits per heavy atom. The second kappa shape index (κ2) is 10.1. The van der Waals surface area contributed by atoms with E-state index in [0.29, 0.717) is 13.0 Å². The number of aryl methyl sites for hydroxylation is 1. The van der Waals surface area contributed by atoms with Gasteiger partial charge >= 0.3 is 0 Å². The van der Waals surface area contributed by atoms with E-state index in [1.54, 1.807) is 25.3 Å². The van der Waals surface area contributed by atoms with Gasteiger partial charge < -0.3 is 14.4 Å². The first-order chi connectivity index (χ1) is 13.7. The van der Waals surface area contributed by atoms with Gasteiger partial charge in [0.1, 0.15) is 12.4 Å². The number of piperazine rings is 1. The summed E-state index contributed by atoms with van der Waals surface area (Å²) in [7, 11) is 1.64. The van der Waals surface area contributed by atoms with Crippen molar-refractivity contribution < 1.29 is 18.7 Å². The lowest BCUT2D eigenvalue weighted by Crippen LogP contribution is -2.49. The number of amides is 1. The highest BCUT2D eigenvalue weighted by molar-refractivity contribution is 5.76. The molecule has 0 spiro atoms. The highest BCUT2D eigenvalue weighted by Gasteiger charge is 2.20. The summed E-state index contributed by atoms with van der Waals surface area (Å²) in [5.74, 6) is 0.966. The van der Waals surface area contributed by atoms with Gasteiger partial charge in [0.15, 0.2) is 11.6 Å². The zero-order valence-electron chi connectivity index (χ0n) is 16.3. The second-order valence-electron chi connectivity index (χ2n) is 6.85. The zero-order chi connectivity index (χ0) is 19.8. The first-order valence-electron chi connectivity index (χ1n) is 9.66. The number of nitrogens with zero attached hydrogens (tertiary/aromatic N) is 2. The Morgan fingerprint density at radius 3 is 2.43 bits per heavy atom. The highest BCUT2D eigenvalue weighted by Crippen LogP contribution is 2.16. The molecule has 1 heterocycles. The third kappa shape index (κ3) is 5.70. The molecular weight excluding hydrogens is 359 g/mol. The van der Waals surface area contributed by atoms with Crippen LogP contribution in [0.5, 0.6) is 11.5 Å². The average Bonchev–Trinajstić information content (AvgIpc) is 2.74. The molecule has 3 rings (SSSR count). The number of carbonyl (C=O) groups excluding carboxylic acids is 1. The van der Waals surface area contributed by atoms with Gasteiger partial charge in [0, 0.05) is 39.1 Å². The molecule has 0 aromatic heterocycles. The van der Waals surface area contributed by atoms with Crippen molar-refractivity contribution >= 4 is 5.91 Å². The van der Waals surface area contributed by atoms with Crippen LogP contribution in [0.25, 0.3) is 0 Å². The summed E-state index contributed by atoms with van der Waals surface area (Å²) in [4.78, 5) is 16.6. The van der Waals surface area contributed by atoms with Crippen LogP contribution in [0.4, 0.5) is 4.39 Å². The molecule has 2 aromatic rings. The van der Waals surface area contributed by atoms with Crippen LogP contribution in [-0.2, 0) is 11.2 Å². The van der Waals surface area contributed by atoms with Crippen molar-refractivity contribution in [2.45, 2.75) is 12.8 Å². The summed E-state index contributed by atoms with van der Waals surface area (Å²) < 4.78 is 24.2. The highest BCUT2D eigenvalue weighted by atomic mass is 19.1. The first kappa shape index (κ1) is 20.1. The SMILES string of the molecule is COc1ccc(CCC(=O)N2CCN(CCOc3ccccc3F)CC2)cc1. The van der Waals surface area contributed by atoms with Crippen molar-refractivity contribution in [3.8, 4) is 11.5 Å². The fourth-order valence-electron chi connectivity index (χ4n) is 3.27. The van der Waals surface area contributed by atoms with Crippen molar-refractivity contribution in [2.24, 2.45) is 0 Å². The van der Waals surface area contributed by atoms with Gasteiger partial charge in [-0.05, 0) is 36.2 Å². The predicted octanol–water partition coefficient (Wildman–Crippen LogP) is 2.99.